The molecule has 1 heterocycles. The molecular weight excluding hydrogens is 468 g/mol. The number of nitrogens with one attached hydrogen (secondary N) is 1. The number of ketones is 2. The lowest BCUT2D eigenvalue weighted by molar-refractivity contribution is -0.127. The highest BCUT2D eigenvalue weighted by Gasteiger charge is 2.51. The molecule has 0 aliphatic heterocycles. The van der Waals surface area contributed by atoms with Crippen molar-refractivity contribution >= 4 is 34.7 Å². The number of aliphatic hydroxyl groups excluding tert-OH is 2. The largest absolute Gasteiger partial charge is 0.511 e. The summed E-state index contributed by atoms with van der Waals surface area (Å²) >= 11 is 0. The number of carbonyl (C=O) groups is 3. The number of aromatic nitrogens is 1. The van der Waals surface area contributed by atoms with Crippen LogP contribution in [-0.4, -0.2) is 52.0 Å². The highest BCUT2D eigenvalue weighted by molar-refractivity contribution is 6.21. The lowest BCUT2D eigenvalue weighted by atomic mass is 9.61. The summed E-state index contributed by atoms with van der Waals surface area (Å²) < 4.78 is 4.81. The maximum absolute atomic E-state index is 13.6. The van der Waals surface area contributed by atoms with Crippen LogP contribution in [-0.2, 0) is 27.3 Å². The number of carbonyl (C=O) groups excluding carboxylic acids is 3. The highest BCUT2D eigenvalue weighted by Crippen LogP contribution is 2.52. The Morgan fingerprint density at radius 3 is 2.64 bits per heavy atom. The predicted octanol–water partition coefficient (Wildman–Crippen LogP) is 1.98. The Kier molecular flexibility index (Phi) is 5.50. The van der Waals surface area contributed by atoms with Gasteiger partial charge in [-0.25, -0.2) is 0 Å². The third kappa shape index (κ3) is 3.50. The van der Waals surface area contributed by atoms with Crippen LogP contribution in [0.1, 0.15) is 29.5 Å². The fourth-order valence-corrected chi connectivity index (χ4v) is 5.77. The van der Waals surface area contributed by atoms with Crippen LogP contribution in [0.25, 0.3) is 5.76 Å². The molecule has 3 aliphatic carbocycles. The number of allylic oxidation sites excluding steroid dienone is 2. The summed E-state index contributed by atoms with van der Waals surface area (Å²) in [6.45, 7) is 0.171. The van der Waals surface area contributed by atoms with Gasteiger partial charge < -0.3 is 35.8 Å². The van der Waals surface area contributed by atoms with Crippen LogP contribution in [0.4, 0.5) is 11.5 Å². The van der Waals surface area contributed by atoms with Gasteiger partial charge in [0, 0.05) is 50.0 Å². The minimum absolute atomic E-state index is 0.0788. The Bertz CT molecular complexity index is 1360. The van der Waals surface area contributed by atoms with Gasteiger partial charge in [-0.05, 0) is 36.3 Å². The van der Waals surface area contributed by atoms with Crippen molar-refractivity contribution in [3.63, 3.8) is 0 Å². The minimum Gasteiger partial charge on any atom is -0.511 e. The molecule has 0 saturated heterocycles. The molecule has 1 fully saturated rings. The van der Waals surface area contributed by atoms with E-state index >= 15 is 0 Å². The number of phenols is 1. The lowest BCUT2D eigenvalue weighted by Crippen LogP contribution is -2.44. The molecule has 0 spiro atoms. The first-order chi connectivity index (χ1) is 17.1. The molecule has 3 aliphatic rings. The number of primary amides is 1. The Hall–Kier alpha value is -4.28. The molecule has 1 amide bonds. The van der Waals surface area contributed by atoms with Crippen molar-refractivity contribution in [3.8, 4) is 5.75 Å². The summed E-state index contributed by atoms with van der Waals surface area (Å²) in [7, 11) is 3.68. The second kappa shape index (κ2) is 8.43. The molecular formula is C25H26N4O7. The molecule has 2 aromatic rings. The van der Waals surface area contributed by atoms with E-state index in [1.54, 1.807) is 6.07 Å². The van der Waals surface area contributed by atoms with Crippen molar-refractivity contribution in [1.29, 1.82) is 0 Å². The van der Waals surface area contributed by atoms with Gasteiger partial charge in [0.25, 0.3) is 5.91 Å². The smallest absolute Gasteiger partial charge is 0.255 e. The topological polar surface area (TPSA) is 179 Å². The number of benzene rings is 1. The summed E-state index contributed by atoms with van der Waals surface area (Å²) in [5.41, 5.74) is 6.86. The molecule has 1 aromatic carbocycles. The quantitative estimate of drug-likeness (QED) is 0.386. The second-order valence-electron chi connectivity index (χ2n) is 9.64. The van der Waals surface area contributed by atoms with Crippen LogP contribution in [0.15, 0.2) is 39.8 Å². The number of nitrogens with two attached hydrogens (primary N) is 1. The summed E-state index contributed by atoms with van der Waals surface area (Å²) in [6, 6.07) is 3.43. The van der Waals surface area contributed by atoms with Gasteiger partial charge in [0.05, 0.1) is 11.5 Å². The van der Waals surface area contributed by atoms with Crippen molar-refractivity contribution in [2.75, 3.05) is 24.3 Å². The van der Waals surface area contributed by atoms with Gasteiger partial charge in [0.2, 0.25) is 0 Å². The Morgan fingerprint density at radius 1 is 1.25 bits per heavy atom. The Labute approximate surface area is 205 Å². The molecule has 1 saturated carbocycles. The lowest BCUT2D eigenvalue weighted by Gasteiger charge is -2.41. The second-order valence-corrected chi connectivity index (χ2v) is 9.64. The summed E-state index contributed by atoms with van der Waals surface area (Å²) in [6.07, 6.45) is 2.02. The zero-order chi connectivity index (χ0) is 25.9. The number of phenolic OH excluding ortho intramolecular Hbond substituents is 1. The summed E-state index contributed by atoms with van der Waals surface area (Å²) in [5.74, 6) is -5.03. The first-order valence-electron chi connectivity index (χ1n) is 11.5. The van der Waals surface area contributed by atoms with E-state index in [0.29, 0.717) is 29.8 Å². The molecule has 3 unspecified atom stereocenters. The number of fused-ring (bicyclic) bond motifs is 3. The van der Waals surface area contributed by atoms with Crippen LogP contribution in [0.3, 0.4) is 0 Å². The standard InChI is InChI=1S/C25H26N4O7/c1-29(2)14-7-12(9-27-16-3-4-36-28-16)21(31)19-13(14)6-10-5-11-8-15(30)20(25(26)35)24(34)18(11)22(32)17(10)23(19)33/h3-4,7,10-11,18,31,33-34H,5-6,8-9H2,1-2H3,(H2,26,35)(H,27,28). The molecule has 0 radical (unpaired) electrons. The first kappa shape index (κ1) is 23.5. The van der Waals surface area contributed by atoms with Crippen LogP contribution >= 0.6 is 0 Å². The van der Waals surface area contributed by atoms with Gasteiger partial charge in [-0.15, -0.1) is 0 Å². The maximum Gasteiger partial charge on any atom is 0.255 e. The van der Waals surface area contributed by atoms with Crippen LogP contribution < -0.4 is 16.0 Å². The molecule has 1 aromatic heterocycles. The summed E-state index contributed by atoms with van der Waals surface area (Å²) in [5, 5.41) is 40.0. The predicted molar refractivity (Wildman–Crippen MR) is 128 cm³/mol. The van der Waals surface area contributed by atoms with Crippen molar-refractivity contribution < 1.29 is 34.2 Å². The number of hydrogen-bond donors (Lipinski definition) is 5. The number of aromatic hydroxyl groups is 1. The SMILES string of the molecule is CN(C)c1cc(CNc2ccon2)c(O)c2c1CC1CC3CC(=O)C(C(N)=O)=C(O)C3C(=O)C1=C2O. The van der Waals surface area contributed by atoms with Gasteiger partial charge in [-0.2, -0.15) is 0 Å². The van der Waals surface area contributed by atoms with Crippen molar-refractivity contribution in [1.82, 2.24) is 5.16 Å². The fraction of sp³-hybridized carbons (Fsp3) is 0.360. The van der Waals surface area contributed by atoms with Gasteiger partial charge in [0.1, 0.15) is 29.1 Å². The number of nitrogens with zero attached hydrogens (tertiary/aromatic N) is 2. The molecule has 11 nitrogen and oxygen atoms in total. The Morgan fingerprint density at radius 2 is 2.00 bits per heavy atom. The number of Topliss-reactive ketones (excluding diaryl/α,β-unsaturated/α-hetero) is 2. The molecule has 5 rings (SSSR count). The Balaban J connectivity index is 1.62. The average molecular weight is 495 g/mol. The van der Waals surface area contributed by atoms with Gasteiger partial charge in [0.15, 0.2) is 17.4 Å². The van der Waals surface area contributed by atoms with E-state index in [4.69, 9.17) is 10.3 Å². The van der Waals surface area contributed by atoms with E-state index in [1.807, 2.05) is 25.1 Å². The minimum atomic E-state index is -1.15. The molecule has 3 atom stereocenters. The van der Waals surface area contributed by atoms with E-state index in [0.717, 1.165) is 5.69 Å². The van der Waals surface area contributed by atoms with E-state index in [9.17, 15) is 29.7 Å². The van der Waals surface area contributed by atoms with Crippen LogP contribution in [0.5, 0.6) is 5.75 Å². The number of hydrogen-bond acceptors (Lipinski definition) is 10. The first-order valence-corrected chi connectivity index (χ1v) is 11.5. The molecule has 6 N–H and O–H groups in total. The van der Waals surface area contributed by atoms with Gasteiger partial charge in [-0.3, -0.25) is 14.4 Å². The van der Waals surface area contributed by atoms with Crippen molar-refractivity contribution in [3.05, 3.63) is 52.0 Å². The van der Waals surface area contributed by atoms with Crippen LogP contribution in [0, 0.1) is 17.8 Å². The third-order valence-electron chi connectivity index (χ3n) is 7.32. The maximum atomic E-state index is 13.6. The molecule has 36 heavy (non-hydrogen) atoms. The zero-order valence-electron chi connectivity index (χ0n) is 19.7. The van der Waals surface area contributed by atoms with E-state index < -0.39 is 46.6 Å². The average Bonchev–Trinajstić information content (AvgIpc) is 3.31. The van der Waals surface area contributed by atoms with Gasteiger partial charge >= 0.3 is 0 Å². The number of anilines is 2. The number of aliphatic hydroxyl groups is 2. The normalized spacial score (nSPS) is 23.2. The van der Waals surface area contributed by atoms with Crippen molar-refractivity contribution in [2.45, 2.75) is 25.8 Å². The number of rotatable bonds is 5. The zero-order valence-corrected chi connectivity index (χ0v) is 19.7. The number of amides is 1. The van der Waals surface area contributed by atoms with E-state index in [-0.39, 0.29) is 35.6 Å². The van der Waals surface area contributed by atoms with Gasteiger partial charge in [-0.1, -0.05) is 5.16 Å². The fourth-order valence-electron chi connectivity index (χ4n) is 5.77. The molecule has 0 bridgehead atoms. The summed E-state index contributed by atoms with van der Waals surface area (Å²) in [4.78, 5) is 39.7. The molecule has 11 heteroatoms. The monoisotopic (exact) mass is 494 g/mol. The van der Waals surface area contributed by atoms with Crippen LogP contribution in [0.2, 0.25) is 0 Å². The van der Waals surface area contributed by atoms with Crippen molar-refractivity contribution in [2.24, 2.45) is 23.5 Å². The highest BCUT2D eigenvalue weighted by atomic mass is 16.5. The molecule has 188 valence electrons. The van der Waals surface area contributed by atoms with E-state index in [2.05, 4.69) is 10.5 Å². The van der Waals surface area contributed by atoms with E-state index in [1.165, 1.54) is 6.26 Å². The third-order valence-corrected chi connectivity index (χ3v) is 7.32.